The summed E-state index contributed by atoms with van der Waals surface area (Å²) in [6, 6.07) is 8.47. The molecule has 0 fully saturated rings. The van der Waals surface area contributed by atoms with Gasteiger partial charge in [-0.25, -0.2) is 0 Å². The molecule has 88 valence electrons. The van der Waals surface area contributed by atoms with Crippen LogP contribution in [0.3, 0.4) is 0 Å². The molecule has 0 amide bonds. The third kappa shape index (κ3) is 3.33. The van der Waals surface area contributed by atoms with Crippen molar-refractivity contribution >= 4 is 24.4 Å². The molecule has 0 bridgehead atoms. The molecule has 1 N–H and O–H groups in total. The Hall–Kier alpha value is -1.38. The predicted molar refractivity (Wildman–Crippen MR) is 57.0 cm³/mol. The summed E-state index contributed by atoms with van der Waals surface area (Å²) in [7, 11) is -10.3. The quantitative estimate of drug-likeness (QED) is 0.491. The predicted octanol–water partition coefficient (Wildman–Crippen LogP) is 0.807. The van der Waals surface area contributed by atoms with Crippen molar-refractivity contribution in [2.75, 3.05) is 0 Å². The van der Waals surface area contributed by atoms with Gasteiger partial charge in [0.1, 0.15) is 6.26 Å². The Labute approximate surface area is 92.4 Å². The highest BCUT2D eigenvalue weighted by atomic mass is 33.2. The maximum Gasteiger partial charge on any atom is 0.443 e. The van der Waals surface area contributed by atoms with Crippen LogP contribution in [0, 0.1) is 0 Å². The lowest BCUT2D eigenvalue weighted by molar-refractivity contribution is 0.438. The highest BCUT2D eigenvalue weighted by Crippen LogP contribution is 2.06. The van der Waals surface area contributed by atoms with Crippen LogP contribution in [0.1, 0.15) is 5.56 Å². The van der Waals surface area contributed by atoms with Gasteiger partial charge >= 0.3 is 18.3 Å². The van der Waals surface area contributed by atoms with Crippen LogP contribution in [-0.2, 0) is 22.5 Å². The van der Waals surface area contributed by atoms with Gasteiger partial charge in [0.05, 0.1) is 0 Å². The van der Waals surface area contributed by atoms with E-state index in [0.717, 1.165) is 0 Å². The third-order valence-electron chi connectivity index (χ3n) is 1.49. The Morgan fingerprint density at radius 2 is 1.62 bits per heavy atom. The van der Waals surface area contributed by atoms with Gasteiger partial charge in [0, 0.05) is 0 Å². The zero-order valence-electron chi connectivity index (χ0n) is 7.85. The molecule has 0 unspecified atom stereocenters. The molecule has 0 atom stereocenters. The van der Waals surface area contributed by atoms with E-state index < -0.39 is 18.3 Å². The summed E-state index contributed by atoms with van der Waals surface area (Å²) < 4.78 is 54.3. The molecule has 8 heteroatoms. The van der Waals surface area contributed by atoms with Crippen LogP contribution in [0.25, 0.3) is 6.08 Å². The van der Waals surface area contributed by atoms with Crippen molar-refractivity contribution in [2.45, 2.75) is 0 Å². The minimum absolute atomic E-state index is 0.619. The fraction of sp³-hybridized carbons (Fsp3) is 0. The van der Waals surface area contributed by atoms with E-state index in [9.17, 15) is 16.8 Å². The SMILES string of the molecule is O=S(=O)(O)S(=O)(=O)OC=Cc1ccccc1. The van der Waals surface area contributed by atoms with Crippen molar-refractivity contribution in [3.05, 3.63) is 42.2 Å². The van der Waals surface area contributed by atoms with Crippen LogP contribution >= 0.6 is 0 Å². The summed E-state index contributed by atoms with van der Waals surface area (Å²) in [4.78, 5) is 0. The summed E-state index contributed by atoms with van der Waals surface area (Å²) in [6.07, 6.45) is 1.90. The zero-order chi connectivity index (χ0) is 12.2. The normalized spacial score (nSPS) is 12.8. The molecule has 16 heavy (non-hydrogen) atoms. The Balaban J connectivity index is 2.78. The van der Waals surface area contributed by atoms with E-state index in [4.69, 9.17) is 4.55 Å². The summed E-state index contributed by atoms with van der Waals surface area (Å²) >= 11 is 0. The van der Waals surface area contributed by atoms with E-state index in [-0.39, 0.29) is 0 Å². The molecule has 1 aromatic carbocycles. The highest BCUT2D eigenvalue weighted by molar-refractivity contribution is 8.63. The summed E-state index contributed by atoms with van der Waals surface area (Å²) in [6.45, 7) is 0. The second-order valence-electron chi connectivity index (χ2n) is 2.65. The lowest BCUT2D eigenvalue weighted by Gasteiger charge is -1.97. The molecule has 6 nitrogen and oxygen atoms in total. The first-order chi connectivity index (χ1) is 7.33. The largest absolute Gasteiger partial charge is 0.443 e. The van der Waals surface area contributed by atoms with Crippen LogP contribution in [0.5, 0.6) is 0 Å². The zero-order valence-corrected chi connectivity index (χ0v) is 9.48. The first-order valence-corrected chi connectivity index (χ1v) is 7.32. The lowest BCUT2D eigenvalue weighted by atomic mass is 10.2. The van der Waals surface area contributed by atoms with Gasteiger partial charge in [-0.2, -0.15) is 16.8 Å². The highest BCUT2D eigenvalue weighted by Gasteiger charge is 2.27. The van der Waals surface area contributed by atoms with E-state index in [2.05, 4.69) is 4.18 Å². The fourth-order valence-corrected chi connectivity index (χ4v) is 1.51. The first kappa shape index (κ1) is 12.7. The van der Waals surface area contributed by atoms with E-state index >= 15 is 0 Å². The maximum absolute atomic E-state index is 10.7. The van der Waals surface area contributed by atoms with Gasteiger partial charge in [0.25, 0.3) is 0 Å². The number of hydrogen-bond donors (Lipinski definition) is 1. The Bertz CT molecular complexity index is 570. The molecule has 0 radical (unpaired) electrons. The monoisotopic (exact) mass is 264 g/mol. The Morgan fingerprint density at radius 3 is 2.12 bits per heavy atom. The van der Waals surface area contributed by atoms with Gasteiger partial charge in [-0.05, 0) is 11.6 Å². The minimum Gasteiger partial charge on any atom is -0.378 e. The molecule has 0 aliphatic rings. The smallest absolute Gasteiger partial charge is 0.378 e. The third-order valence-corrected chi connectivity index (χ3v) is 4.14. The Morgan fingerprint density at radius 1 is 1.06 bits per heavy atom. The van der Waals surface area contributed by atoms with Crippen LogP contribution in [-0.4, -0.2) is 21.4 Å². The lowest BCUT2D eigenvalue weighted by Crippen LogP contribution is -2.14. The van der Waals surface area contributed by atoms with Crippen molar-refractivity contribution in [2.24, 2.45) is 0 Å². The average molecular weight is 264 g/mol. The molecule has 0 aliphatic heterocycles. The van der Waals surface area contributed by atoms with Gasteiger partial charge < -0.3 is 4.18 Å². The maximum atomic E-state index is 10.7. The molecule has 0 saturated heterocycles. The summed E-state index contributed by atoms with van der Waals surface area (Å²) in [5.41, 5.74) is 0.619. The standard InChI is InChI=1S/C8H8O6S2/c9-15(10,11)16(12,13)14-7-6-8-4-2-1-3-5-8/h1-7H,(H,9,10,11). The van der Waals surface area contributed by atoms with E-state index in [1.54, 1.807) is 30.3 Å². The summed E-state index contributed by atoms with van der Waals surface area (Å²) in [5, 5.41) is 0. The van der Waals surface area contributed by atoms with Crippen LogP contribution in [0.15, 0.2) is 36.6 Å². The molecule has 0 aliphatic carbocycles. The second-order valence-corrected chi connectivity index (χ2v) is 7.00. The minimum atomic E-state index is -5.26. The van der Waals surface area contributed by atoms with Crippen LogP contribution < -0.4 is 0 Å². The van der Waals surface area contributed by atoms with Crippen LogP contribution in [0.4, 0.5) is 0 Å². The van der Waals surface area contributed by atoms with E-state index in [0.29, 0.717) is 11.8 Å². The van der Waals surface area contributed by atoms with Crippen molar-refractivity contribution in [1.29, 1.82) is 0 Å². The molecule has 0 heterocycles. The van der Waals surface area contributed by atoms with Crippen molar-refractivity contribution < 1.29 is 25.6 Å². The van der Waals surface area contributed by atoms with Crippen molar-refractivity contribution in [1.82, 2.24) is 0 Å². The van der Waals surface area contributed by atoms with Gasteiger partial charge in [0.2, 0.25) is 0 Å². The fourth-order valence-electron chi connectivity index (χ4n) is 0.788. The van der Waals surface area contributed by atoms with E-state index in [1.165, 1.54) is 6.08 Å². The van der Waals surface area contributed by atoms with Crippen LogP contribution in [0.2, 0.25) is 0 Å². The molecule has 0 spiro atoms. The topological polar surface area (TPSA) is 97.7 Å². The summed E-state index contributed by atoms with van der Waals surface area (Å²) in [5.74, 6) is 0. The van der Waals surface area contributed by atoms with Crippen molar-refractivity contribution in [3.8, 4) is 0 Å². The van der Waals surface area contributed by atoms with Gasteiger partial charge in [-0.15, -0.1) is 0 Å². The molecule has 0 aromatic heterocycles. The second kappa shape index (κ2) is 4.64. The Kier molecular flexibility index (Phi) is 3.68. The van der Waals surface area contributed by atoms with Gasteiger partial charge in [0.15, 0.2) is 0 Å². The molecular weight excluding hydrogens is 256 g/mol. The van der Waals surface area contributed by atoms with Gasteiger partial charge in [-0.1, -0.05) is 30.3 Å². The molecular formula is C8H8O6S2. The number of hydrogen-bond acceptors (Lipinski definition) is 5. The van der Waals surface area contributed by atoms with Crippen molar-refractivity contribution in [3.63, 3.8) is 0 Å². The number of benzene rings is 1. The average Bonchev–Trinajstić information content (AvgIpc) is 2.17. The number of rotatable bonds is 4. The first-order valence-electron chi connectivity index (χ1n) is 3.95. The molecule has 1 aromatic rings. The molecule has 1 rings (SSSR count). The molecule has 0 saturated carbocycles. The van der Waals surface area contributed by atoms with E-state index in [1.807, 2.05) is 0 Å². The van der Waals surface area contributed by atoms with Gasteiger partial charge in [-0.3, -0.25) is 4.55 Å².